The second-order valence-corrected chi connectivity index (χ2v) is 11.8. The number of morpholine rings is 2. The molecule has 0 bridgehead atoms. The minimum absolute atomic E-state index is 0.0138. The van der Waals surface area contributed by atoms with Crippen molar-refractivity contribution < 1.29 is 9.47 Å². The van der Waals surface area contributed by atoms with Gasteiger partial charge in [0.1, 0.15) is 6.10 Å². The summed E-state index contributed by atoms with van der Waals surface area (Å²) < 4.78 is 12.1. The van der Waals surface area contributed by atoms with Gasteiger partial charge in [0, 0.05) is 32.7 Å². The molecule has 2 unspecified atom stereocenters. The summed E-state index contributed by atoms with van der Waals surface area (Å²) in [4.78, 5) is 5.15. The first-order chi connectivity index (χ1) is 19.8. The number of nitrogens with zero attached hydrogens (tertiary/aromatic N) is 2. The summed E-state index contributed by atoms with van der Waals surface area (Å²) in [5.74, 6) is 0.778. The van der Waals surface area contributed by atoms with Crippen LogP contribution in [0.2, 0.25) is 0 Å². The zero-order chi connectivity index (χ0) is 27.0. The molecule has 3 heterocycles. The maximum atomic E-state index is 6.61. The van der Waals surface area contributed by atoms with Gasteiger partial charge in [-0.1, -0.05) is 78.9 Å². The standard InChI is InChI=1S/C35H45N3O2/c1-2-5-30(6-3-1)27-38-21-24-40-35(32-11-9-28(10-12-32)15-18-37-19-22-39-23-20-37)34(38)33-8-4-7-31(26-33)25-29-13-16-36-17-14-29/h1-12,26,29,34-36H,13-25,27H2. The molecule has 0 aliphatic carbocycles. The maximum absolute atomic E-state index is 6.61. The summed E-state index contributed by atoms with van der Waals surface area (Å²) in [5.41, 5.74) is 6.88. The SMILES string of the molecule is c1ccc(CN2CCOC(c3ccc(CCN4CCOCC4)cc3)C2c2cccc(CC3CCNCC3)c2)cc1. The van der Waals surface area contributed by atoms with Crippen molar-refractivity contribution in [3.05, 3.63) is 107 Å². The molecule has 0 aromatic heterocycles. The third-order valence-electron chi connectivity index (χ3n) is 8.99. The Hall–Kier alpha value is -2.54. The van der Waals surface area contributed by atoms with E-state index in [1.165, 1.54) is 47.1 Å². The summed E-state index contributed by atoms with van der Waals surface area (Å²) >= 11 is 0. The first-order valence-corrected chi connectivity index (χ1v) is 15.4. The number of benzene rings is 3. The van der Waals surface area contributed by atoms with Gasteiger partial charge in [-0.3, -0.25) is 9.80 Å². The van der Waals surface area contributed by atoms with Gasteiger partial charge in [-0.05, 0) is 72.5 Å². The number of hydrogen-bond acceptors (Lipinski definition) is 5. The Morgan fingerprint density at radius 1 is 0.725 bits per heavy atom. The zero-order valence-electron chi connectivity index (χ0n) is 23.8. The van der Waals surface area contributed by atoms with Crippen LogP contribution in [0, 0.1) is 5.92 Å². The van der Waals surface area contributed by atoms with E-state index in [4.69, 9.17) is 9.47 Å². The van der Waals surface area contributed by atoms with Crippen molar-refractivity contribution >= 4 is 0 Å². The van der Waals surface area contributed by atoms with Crippen molar-refractivity contribution in [2.75, 3.05) is 59.1 Å². The van der Waals surface area contributed by atoms with Crippen LogP contribution >= 0.6 is 0 Å². The fourth-order valence-electron chi connectivity index (χ4n) is 6.69. The lowest BCUT2D eigenvalue weighted by atomic mass is 9.87. The van der Waals surface area contributed by atoms with Gasteiger partial charge in [-0.25, -0.2) is 0 Å². The lowest BCUT2D eigenvalue weighted by Gasteiger charge is -2.42. The van der Waals surface area contributed by atoms with Crippen molar-refractivity contribution in [3.63, 3.8) is 0 Å². The molecule has 1 N–H and O–H groups in total. The minimum atomic E-state index is 0.0138. The van der Waals surface area contributed by atoms with Crippen LogP contribution in [0.15, 0.2) is 78.9 Å². The lowest BCUT2D eigenvalue weighted by molar-refractivity contribution is -0.0787. The van der Waals surface area contributed by atoms with Gasteiger partial charge in [0.25, 0.3) is 0 Å². The molecule has 5 heteroatoms. The Morgan fingerprint density at radius 2 is 1.50 bits per heavy atom. The molecule has 3 aliphatic heterocycles. The van der Waals surface area contributed by atoms with E-state index in [1.807, 2.05) is 0 Å². The summed E-state index contributed by atoms with van der Waals surface area (Å²) in [6, 6.07) is 29.8. The number of nitrogens with one attached hydrogen (secondary N) is 1. The molecule has 3 aliphatic rings. The normalized spacial score (nSPS) is 23.3. The highest BCUT2D eigenvalue weighted by atomic mass is 16.5. The van der Waals surface area contributed by atoms with Gasteiger partial charge in [-0.2, -0.15) is 0 Å². The van der Waals surface area contributed by atoms with E-state index < -0.39 is 0 Å². The largest absolute Gasteiger partial charge is 0.379 e. The first kappa shape index (κ1) is 27.6. The molecule has 0 radical (unpaired) electrons. The molecular formula is C35H45N3O2. The van der Waals surface area contributed by atoms with Crippen LogP contribution in [-0.2, 0) is 28.9 Å². The van der Waals surface area contributed by atoms with Gasteiger partial charge in [0.2, 0.25) is 0 Å². The quantitative estimate of drug-likeness (QED) is 0.393. The second kappa shape index (κ2) is 13.9. The maximum Gasteiger partial charge on any atom is 0.102 e. The molecule has 3 aromatic carbocycles. The highest BCUT2D eigenvalue weighted by Gasteiger charge is 2.35. The third-order valence-corrected chi connectivity index (χ3v) is 8.99. The Kier molecular flexibility index (Phi) is 9.59. The average molecular weight is 540 g/mol. The summed E-state index contributed by atoms with van der Waals surface area (Å²) in [6.45, 7) is 9.82. The molecule has 6 rings (SSSR count). The van der Waals surface area contributed by atoms with Crippen LogP contribution in [-0.4, -0.2) is 68.9 Å². The topological polar surface area (TPSA) is 37.0 Å². The molecule has 3 aromatic rings. The van der Waals surface area contributed by atoms with E-state index in [2.05, 4.69) is 94.0 Å². The number of ether oxygens (including phenoxy) is 2. The molecule has 0 saturated carbocycles. The molecule has 3 saturated heterocycles. The number of rotatable bonds is 9. The van der Waals surface area contributed by atoms with Gasteiger partial charge >= 0.3 is 0 Å². The lowest BCUT2D eigenvalue weighted by Crippen LogP contribution is -2.41. The smallest absolute Gasteiger partial charge is 0.102 e. The van der Waals surface area contributed by atoms with Crippen molar-refractivity contribution in [2.45, 2.75) is 44.4 Å². The summed E-state index contributed by atoms with van der Waals surface area (Å²) in [5, 5.41) is 3.51. The minimum Gasteiger partial charge on any atom is -0.379 e. The highest BCUT2D eigenvalue weighted by Crippen LogP contribution is 2.41. The monoisotopic (exact) mass is 539 g/mol. The predicted molar refractivity (Wildman–Crippen MR) is 161 cm³/mol. The van der Waals surface area contributed by atoms with Gasteiger partial charge in [0.05, 0.1) is 25.9 Å². The van der Waals surface area contributed by atoms with Crippen LogP contribution in [0.3, 0.4) is 0 Å². The van der Waals surface area contributed by atoms with E-state index in [0.717, 1.165) is 78.0 Å². The summed E-state index contributed by atoms with van der Waals surface area (Å²) in [6.07, 6.45) is 4.81. The predicted octanol–water partition coefficient (Wildman–Crippen LogP) is 5.42. The van der Waals surface area contributed by atoms with E-state index in [9.17, 15) is 0 Å². The number of hydrogen-bond donors (Lipinski definition) is 1. The van der Waals surface area contributed by atoms with E-state index >= 15 is 0 Å². The first-order valence-electron chi connectivity index (χ1n) is 15.4. The molecule has 0 spiro atoms. The molecule has 3 fully saturated rings. The van der Waals surface area contributed by atoms with Gasteiger partial charge in [0.15, 0.2) is 0 Å². The molecule has 5 nitrogen and oxygen atoms in total. The Labute approximate surface area is 240 Å². The van der Waals surface area contributed by atoms with Crippen molar-refractivity contribution in [3.8, 4) is 0 Å². The highest BCUT2D eigenvalue weighted by molar-refractivity contribution is 5.33. The van der Waals surface area contributed by atoms with Crippen LogP contribution in [0.4, 0.5) is 0 Å². The molecule has 0 amide bonds. The average Bonchev–Trinajstić information content (AvgIpc) is 3.02. The number of piperidine rings is 1. The van der Waals surface area contributed by atoms with E-state index in [1.54, 1.807) is 0 Å². The van der Waals surface area contributed by atoms with Crippen molar-refractivity contribution in [2.24, 2.45) is 5.92 Å². The fraction of sp³-hybridized carbons (Fsp3) is 0.486. The molecule has 212 valence electrons. The Balaban J connectivity index is 1.23. The second-order valence-electron chi connectivity index (χ2n) is 11.8. The Bertz CT molecular complexity index is 1170. The van der Waals surface area contributed by atoms with Crippen molar-refractivity contribution in [1.29, 1.82) is 0 Å². The molecule has 2 atom stereocenters. The van der Waals surface area contributed by atoms with E-state index in [-0.39, 0.29) is 12.1 Å². The summed E-state index contributed by atoms with van der Waals surface area (Å²) in [7, 11) is 0. The third kappa shape index (κ3) is 7.20. The van der Waals surface area contributed by atoms with Crippen LogP contribution in [0.25, 0.3) is 0 Å². The fourth-order valence-corrected chi connectivity index (χ4v) is 6.69. The van der Waals surface area contributed by atoms with Crippen molar-refractivity contribution in [1.82, 2.24) is 15.1 Å². The van der Waals surface area contributed by atoms with Gasteiger partial charge in [-0.15, -0.1) is 0 Å². The Morgan fingerprint density at radius 3 is 2.30 bits per heavy atom. The van der Waals surface area contributed by atoms with E-state index in [0.29, 0.717) is 0 Å². The van der Waals surface area contributed by atoms with Gasteiger partial charge < -0.3 is 14.8 Å². The molecular weight excluding hydrogens is 494 g/mol. The van der Waals surface area contributed by atoms with Crippen LogP contribution in [0.1, 0.15) is 52.8 Å². The zero-order valence-corrected chi connectivity index (χ0v) is 23.8. The molecule has 40 heavy (non-hydrogen) atoms. The van der Waals surface area contributed by atoms with Crippen LogP contribution < -0.4 is 5.32 Å². The van der Waals surface area contributed by atoms with Crippen LogP contribution in [0.5, 0.6) is 0 Å².